The van der Waals surface area contributed by atoms with Crippen LogP contribution in [0.2, 0.25) is 0 Å². The molecule has 0 aliphatic carbocycles. The summed E-state index contributed by atoms with van der Waals surface area (Å²) in [5.74, 6) is -0.920. The molecule has 0 fully saturated rings. The molecule has 0 saturated carbocycles. The largest absolute Gasteiger partial charge is 0.496 e. The Hall–Kier alpha value is -4.47. The summed E-state index contributed by atoms with van der Waals surface area (Å²) in [7, 11) is -2.53. The van der Waals surface area contributed by atoms with Crippen molar-refractivity contribution in [2.45, 2.75) is 38.5 Å². The maximum absolute atomic E-state index is 13.8. The van der Waals surface area contributed by atoms with E-state index >= 15 is 0 Å². The van der Waals surface area contributed by atoms with E-state index in [4.69, 9.17) is 9.29 Å². The molecule has 2 amide bonds. The Kier molecular flexibility index (Phi) is 10.2. The molecule has 0 aliphatic heterocycles. The van der Waals surface area contributed by atoms with Crippen molar-refractivity contribution in [3.05, 3.63) is 119 Å². The second kappa shape index (κ2) is 13.9. The highest BCUT2D eigenvalue weighted by Gasteiger charge is 2.23. The van der Waals surface area contributed by atoms with Crippen LogP contribution in [0.4, 0.5) is 5.69 Å². The minimum Gasteiger partial charge on any atom is -0.496 e. The first-order chi connectivity index (χ1) is 20.8. The summed E-state index contributed by atoms with van der Waals surface area (Å²) in [4.78, 5) is 26.2. The summed E-state index contributed by atoms with van der Waals surface area (Å²) >= 11 is 0. The van der Waals surface area contributed by atoms with Gasteiger partial charge in [0.25, 0.3) is 16.0 Å². The van der Waals surface area contributed by atoms with Gasteiger partial charge in [-0.1, -0.05) is 87.5 Å². The third-order valence-corrected chi connectivity index (χ3v) is 8.09. The lowest BCUT2D eigenvalue weighted by Crippen LogP contribution is -2.28. The number of anilines is 1. The molecule has 0 heterocycles. The molecule has 0 spiro atoms. The first kappa shape index (κ1) is 32.4. The van der Waals surface area contributed by atoms with Gasteiger partial charge in [0, 0.05) is 23.4 Å². The zero-order chi connectivity index (χ0) is 31.9. The predicted octanol–water partition coefficient (Wildman–Crippen LogP) is 6.24. The Balaban J connectivity index is 1.53. The molecule has 4 aromatic carbocycles. The van der Waals surface area contributed by atoms with Crippen LogP contribution in [0, 0.1) is 0 Å². The standard InChI is InChI=1S/C35H38N2O6S/c1-35(2,3)28-17-13-26(14-18-28)31(23-24-9-11-27(12-10-24)33(38)36-21-22-44(40,41)42)34(39)37-29-19-15-25(16-20-29)30-7-5-6-8-32(30)43-4/h5-20,31H,21-23H2,1-4H3,(H,36,38)(H,37,39)(H,40,41,42). The molecule has 4 rings (SSSR count). The SMILES string of the molecule is COc1ccccc1-c1ccc(NC(=O)C(Cc2ccc(C(=O)NCCS(=O)(=O)O)cc2)c2ccc(C(C)(C)C)cc2)cc1. The second-order valence-corrected chi connectivity index (χ2v) is 13.2. The van der Waals surface area contributed by atoms with E-state index in [1.54, 1.807) is 31.4 Å². The molecule has 0 aliphatic rings. The van der Waals surface area contributed by atoms with Crippen molar-refractivity contribution in [1.82, 2.24) is 5.32 Å². The molecule has 0 saturated heterocycles. The number of nitrogens with one attached hydrogen (secondary N) is 2. The summed E-state index contributed by atoms with van der Waals surface area (Å²) in [6, 6.07) is 30.3. The van der Waals surface area contributed by atoms with Crippen LogP contribution in [-0.4, -0.2) is 44.2 Å². The molecular formula is C35H38N2O6S. The third-order valence-electron chi connectivity index (χ3n) is 7.37. The molecule has 3 N–H and O–H groups in total. The Morgan fingerprint density at radius 3 is 2.09 bits per heavy atom. The van der Waals surface area contributed by atoms with Crippen molar-refractivity contribution < 1.29 is 27.3 Å². The first-order valence-electron chi connectivity index (χ1n) is 14.3. The van der Waals surface area contributed by atoms with Gasteiger partial charge in [0.15, 0.2) is 0 Å². The monoisotopic (exact) mass is 614 g/mol. The van der Waals surface area contributed by atoms with E-state index < -0.39 is 27.7 Å². The average molecular weight is 615 g/mol. The fourth-order valence-electron chi connectivity index (χ4n) is 4.85. The fourth-order valence-corrected chi connectivity index (χ4v) is 5.21. The zero-order valence-electron chi connectivity index (χ0n) is 25.3. The molecule has 0 aromatic heterocycles. The number of amides is 2. The fraction of sp³-hybridized carbons (Fsp3) is 0.257. The number of hydrogen-bond donors (Lipinski definition) is 3. The number of benzene rings is 4. The first-order valence-corrected chi connectivity index (χ1v) is 15.9. The van der Waals surface area contributed by atoms with Gasteiger partial charge in [0.1, 0.15) is 5.75 Å². The lowest BCUT2D eigenvalue weighted by molar-refractivity contribution is -0.117. The summed E-state index contributed by atoms with van der Waals surface area (Å²) in [5.41, 5.74) is 5.79. The normalized spacial score (nSPS) is 12.3. The van der Waals surface area contributed by atoms with Crippen LogP contribution in [0.1, 0.15) is 53.7 Å². The van der Waals surface area contributed by atoms with Crippen molar-refractivity contribution in [1.29, 1.82) is 0 Å². The van der Waals surface area contributed by atoms with Crippen LogP contribution in [0.25, 0.3) is 11.1 Å². The van der Waals surface area contributed by atoms with E-state index in [9.17, 15) is 18.0 Å². The van der Waals surface area contributed by atoms with E-state index in [-0.39, 0.29) is 17.9 Å². The molecule has 0 radical (unpaired) electrons. The van der Waals surface area contributed by atoms with Crippen LogP contribution in [0.3, 0.4) is 0 Å². The molecule has 8 nitrogen and oxygen atoms in total. The lowest BCUT2D eigenvalue weighted by Gasteiger charge is -2.22. The molecule has 230 valence electrons. The van der Waals surface area contributed by atoms with Crippen molar-refractivity contribution in [2.24, 2.45) is 0 Å². The molecule has 0 bridgehead atoms. The lowest BCUT2D eigenvalue weighted by atomic mass is 9.84. The number of methoxy groups -OCH3 is 1. The Bertz CT molecular complexity index is 1690. The summed E-state index contributed by atoms with van der Waals surface area (Å²) in [6.45, 7) is 6.22. The van der Waals surface area contributed by atoms with E-state index in [0.29, 0.717) is 17.7 Å². The highest BCUT2D eigenvalue weighted by atomic mass is 32.2. The van der Waals surface area contributed by atoms with Crippen molar-refractivity contribution in [2.75, 3.05) is 24.7 Å². The van der Waals surface area contributed by atoms with Crippen LogP contribution in [-0.2, 0) is 26.7 Å². The maximum Gasteiger partial charge on any atom is 0.266 e. The number of carbonyl (C=O) groups excluding carboxylic acids is 2. The number of para-hydroxylation sites is 1. The molecule has 1 atom stereocenters. The third kappa shape index (κ3) is 8.78. The zero-order valence-corrected chi connectivity index (χ0v) is 26.1. The molecule has 4 aromatic rings. The van der Waals surface area contributed by atoms with Crippen LogP contribution in [0.5, 0.6) is 5.75 Å². The van der Waals surface area contributed by atoms with Gasteiger partial charge in [-0.2, -0.15) is 8.42 Å². The van der Waals surface area contributed by atoms with Gasteiger partial charge in [-0.05, 0) is 64.4 Å². The van der Waals surface area contributed by atoms with Gasteiger partial charge in [-0.25, -0.2) is 0 Å². The molecule has 1 unspecified atom stereocenters. The Labute approximate surface area is 259 Å². The van der Waals surface area contributed by atoms with E-state index in [1.165, 1.54) is 0 Å². The minimum absolute atomic E-state index is 0.0305. The molecular weight excluding hydrogens is 576 g/mol. The van der Waals surface area contributed by atoms with E-state index in [1.807, 2.05) is 60.7 Å². The maximum atomic E-state index is 13.8. The smallest absolute Gasteiger partial charge is 0.266 e. The minimum atomic E-state index is -4.17. The second-order valence-electron chi connectivity index (χ2n) is 11.6. The summed E-state index contributed by atoms with van der Waals surface area (Å²) < 4.78 is 36.2. The topological polar surface area (TPSA) is 122 Å². The van der Waals surface area contributed by atoms with Crippen LogP contribution >= 0.6 is 0 Å². The van der Waals surface area contributed by atoms with E-state index in [2.05, 4.69) is 43.5 Å². The van der Waals surface area contributed by atoms with Gasteiger partial charge in [-0.15, -0.1) is 0 Å². The van der Waals surface area contributed by atoms with Gasteiger partial charge >= 0.3 is 0 Å². The highest BCUT2D eigenvalue weighted by Crippen LogP contribution is 2.31. The van der Waals surface area contributed by atoms with Gasteiger partial charge < -0.3 is 15.4 Å². The van der Waals surface area contributed by atoms with Crippen LogP contribution < -0.4 is 15.4 Å². The van der Waals surface area contributed by atoms with E-state index in [0.717, 1.165) is 33.6 Å². The molecule has 9 heteroatoms. The number of hydrogen-bond acceptors (Lipinski definition) is 5. The molecule has 44 heavy (non-hydrogen) atoms. The number of rotatable bonds is 11. The Morgan fingerprint density at radius 2 is 1.50 bits per heavy atom. The van der Waals surface area contributed by atoms with Crippen LogP contribution in [0.15, 0.2) is 97.1 Å². The quantitative estimate of drug-likeness (QED) is 0.172. The van der Waals surface area contributed by atoms with Gasteiger partial charge in [0.05, 0.1) is 18.8 Å². The van der Waals surface area contributed by atoms with Gasteiger partial charge in [0.2, 0.25) is 5.91 Å². The average Bonchev–Trinajstić information content (AvgIpc) is 2.99. The van der Waals surface area contributed by atoms with Crippen molar-refractivity contribution in [3.8, 4) is 16.9 Å². The van der Waals surface area contributed by atoms with Crippen molar-refractivity contribution in [3.63, 3.8) is 0 Å². The van der Waals surface area contributed by atoms with Gasteiger partial charge in [-0.3, -0.25) is 14.1 Å². The summed E-state index contributed by atoms with van der Waals surface area (Å²) in [5, 5.41) is 5.55. The summed E-state index contributed by atoms with van der Waals surface area (Å²) in [6.07, 6.45) is 0.394. The Morgan fingerprint density at radius 1 is 0.864 bits per heavy atom. The number of carbonyl (C=O) groups is 2. The van der Waals surface area contributed by atoms with Crippen molar-refractivity contribution >= 4 is 27.6 Å². The predicted molar refractivity (Wildman–Crippen MR) is 174 cm³/mol. The number of ether oxygens (including phenoxy) is 1. The highest BCUT2D eigenvalue weighted by molar-refractivity contribution is 7.85.